The summed E-state index contributed by atoms with van der Waals surface area (Å²) in [4.78, 5) is 24.5. The number of esters is 1. The highest BCUT2D eigenvalue weighted by Gasteiger charge is 2.22. The first-order valence-electron chi connectivity index (χ1n) is 9.69. The van der Waals surface area contributed by atoms with Gasteiger partial charge in [-0.2, -0.15) is 5.10 Å². The largest absolute Gasteiger partial charge is 0.455 e. The summed E-state index contributed by atoms with van der Waals surface area (Å²) < 4.78 is 20.4. The molecule has 8 heteroatoms. The molecule has 1 amide bonds. The van der Waals surface area contributed by atoms with Gasteiger partial charge in [0.2, 0.25) is 0 Å². The molecule has 1 N–H and O–H groups in total. The van der Waals surface area contributed by atoms with E-state index < -0.39 is 24.3 Å². The second-order valence-corrected chi connectivity index (χ2v) is 8.41. The minimum Gasteiger partial charge on any atom is -0.455 e. The Kier molecular flexibility index (Phi) is 6.75. The zero-order valence-corrected chi connectivity index (χ0v) is 18.2. The maximum Gasteiger partial charge on any atom is 0.310 e. The molecule has 162 valence electrons. The number of carbonyl (C=O) groups excluding carboxylic acids is 2. The number of anilines is 1. The summed E-state index contributed by atoms with van der Waals surface area (Å²) in [5.41, 5.74) is 1.37. The van der Waals surface area contributed by atoms with Crippen molar-refractivity contribution in [1.82, 2.24) is 9.78 Å². The lowest BCUT2D eigenvalue weighted by atomic mass is 9.92. The summed E-state index contributed by atoms with van der Waals surface area (Å²) in [5, 5.41) is 7.47. The molecular weight excluding hydrogens is 421 g/mol. The molecule has 3 rings (SSSR count). The Balaban J connectivity index is 1.69. The quantitative estimate of drug-likeness (QED) is 0.561. The van der Waals surface area contributed by atoms with E-state index in [1.54, 1.807) is 10.7 Å². The van der Waals surface area contributed by atoms with E-state index in [0.29, 0.717) is 5.82 Å². The van der Waals surface area contributed by atoms with Crippen molar-refractivity contribution >= 4 is 29.3 Å². The van der Waals surface area contributed by atoms with Crippen LogP contribution < -0.4 is 5.32 Å². The van der Waals surface area contributed by atoms with Crippen LogP contribution in [0.2, 0.25) is 5.02 Å². The van der Waals surface area contributed by atoms with E-state index in [0.717, 1.165) is 11.4 Å². The van der Waals surface area contributed by atoms with Gasteiger partial charge in [-0.3, -0.25) is 9.59 Å². The average molecular weight is 444 g/mol. The van der Waals surface area contributed by atoms with Crippen LogP contribution in [0.15, 0.2) is 54.6 Å². The minimum absolute atomic E-state index is 0.0338. The van der Waals surface area contributed by atoms with Crippen LogP contribution in [-0.4, -0.2) is 28.3 Å². The summed E-state index contributed by atoms with van der Waals surface area (Å²) in [6.45, 7) is 5.54. The number of ether oxygens (including phenoxy) is 1. The van der Waals surface area contributed by atoms with Gasteiger partial charge in [-0.1, -0.05) is 56.6 Å². The minimum atomic E-state index is -0.755. The molecule has 31 heavy (non-hydrogen) atoms. The highest BCUT2D eigenvalue weighted by Crippen LogP contribution is 2.26. The number of amides is 1. The summed E-state index contributed by atoms with van der Waals surface area (Å²) in [6.07, 6.45) is -0.366. The fourth-order valence-corrected chi connectivity index (χ4v) is 3.05. The van der Waals surface area contributed by atoms with Crippen molar-refractivity contribution in [2.75, 3.05) is 11.9 Å². The van der Waals surface area contributed by atoms with Crippen LogP contribution in [0, 0.1) is 5.82 Å². The van der Waals surface area contributed by atoms with Crippen LogP contribution in [-0.2, 0) is 26.2 Å². The van der Waals surface area contributed by atoms with Gasteiger partial charge in [0.05, 0.1) is 17.8 Å². The van der Waals surface area contributed by atoms with E-state index >= 15 is 0 Å². The van der Waals surface area contributed by atoms with Crippen LogP contribution in [0.3, 0.4) is 0 Å². The molecule has 0 radical (unpaired) electrons. The number of benzene rings is 2. The van der Waals surface area contributed by atoms with Gasteiger partial charge in [-0.15, -0.1) is 0 Å². The highest BCUT2D eigenvalue weighted by molar-refractivity contribution is 6.31. The van der Waals surface area contributed by atoms with Gasteiger partial charge in [0.1, 0.15) is 11.6 Å². The van der Waals surface area contributed by atoms with Crippen molar-refractivity contribution in [3.63, 3.8) is 0 Å². The van der Waals surface area contributed by atoms with Crippen molar-refractivity contribution in [2.24, 2.45) is 0 Å². The summed E-state index contributed by atoms with van der Waals surface area (Å²) in [7, 11) is 0. The predicted molar refractivity (Wildman–Crippen MR) is 117 cm³/mol. The number of aromatic nitrogens is 2. The van der Waals surface area contributed by atoms with E-state index in [9.17, 15) is 14.0 Å². The number of carbonyl (C=O) groups is 2. The standard InChI is InChI=1S/C23H23ClFN3O3/c1-23(2,3)19-13-20(28(27-19)15-8-5-4-6-9-15)26-21(29)14-31-22(30)12-16-17(24)10-7-11-18(16)25/h4-11,13H,12,14H2,1-3H3,(H,26,29). The molecule has 1 heterocycles. The Morgan fingerprint density at radius 2 is 1.84 bits per heavy atom. The fraction of sp³-hybridized carbons (Fsp3) is 0.261. The van der Waals surface area contributed by atoms with Gasteiger partial charge >= 0.3 is 5.97 Å². The van der Waals surface area contributed by atoms with Crippen molar-refractivity contribution in [3.05, 3.63) is 76.7 Å². The fourth-order valence-electron chi connectivity index (χ4n) is 2.82. The summed E-state index contributed by atoms with van der Waals surface area (Å²) in [6, 6.07) is 15.3. The molecule has 0 saturated heterocycles. The molecule has 0 aliphatic rings. The molecular formula is C23H23ClFN3O3. The molecule has 3 aromatic rings. The number of nitrogens with one attached hydrogen (secondary N) is 1. The molecule has 0 saturated carbocycles. The molecule has 0 unspecified atom stereocenters. The van der Waals surface area contributed by atoms with E-state index in [4.69, 9.17) is 16.3 Å². The van der Waals surface area contributed by atoms with E-state index in [1.807, 2.05) is 51.1 Å². The number of rotatable bonds is 6. The van der Waals surface area contributed by atoms with Crippen molar-refractivity contribution in [3.8, 4) is 5.69 Å². The van der Waals surface area contributed by atoms with Crippen LogP contribution in [0.5, 0.6) is 0 Å². The first-order chi connectivity index (χ1) is 14.6. The predicted octanol–water partition coefficient (Wildman–Crippen LogP) is 4.69. The van der Waals surface area contributed by atoms with Crippen LogP contribution in [0.4, 0.5) is 10.2 Å². The third-order valence-corrected chi connectivity index (χ3v) is 4.85. The Hall–Kier alpha value is -3.19. The number of para-hydroxylation sites is 1. The monoisotopic (exact) mass is 443 g/mol. The molecule has 0 aliphatic carbocycles. The van der Waals surface area contributed by atoms with Gasteiger partial charge in [0, 0.05) is 22.1 Å². The SMILES string of the molecule is CC(C)(C)c1cc(NC(=O)COC(=O)Cc2c(F)cccc2Cl)n(-c2ccccc2)n1. The van der Waals surface area contributed by atoms with E-state index in [1.165, 1.54) is 18.2 Å². The maximum absolute atomic E-state index is 13.8. The van der Waals surface area contributed by atoms with Gasteiger partial charge in [0.15, 0.2) is 6.61 Å². The molecule has 0 aliphatic heterocycles. The van der Waals surface area contributed by atoms with Gasteiger partial charge in [-0.25, -0.2) is 9.07 Å². The molecule has 0 bridgehead atoms. The topological polar surface area (TPSA) is 73.2 Å². The van der Waals surface area contributed by atoms with Crippen LogP contribution in [0.1, 0.15) is 32.0 Å². The molecule has 0 atom stereocenters. The second kappa shape index (κ2) is 9.31. The highest BCUT2D eigenvalue weighted by atomic mass is 35.5. The van der Waals surface area contributed by atoms with Gasteiger partial charge in [0.25, 0.3) is 5.91 Å². The Morgan fingerprint density at radius 1 is 1.13 bits per heavy atom. The molecule has 0 spiro atoms. The number of halogens is 2. The van der Waals surface area contributed by atoms with Crippen molar-refractivity contribution < 1.29 is 18.7 Å². The number of nitrogens with zero attached hydrogens (tertiary/aromatic N) is 2. The lowest BCUT2D eigenvalue weighted by molar-refractivity contribution is -0.146. The summed E-state index contributed by atoms with van der Waals surface area (Å²) in [5.74, 6) is -1.44. The third kappa shape index (κ3) is 5.70. The number of hydrogen-bond donors (Lipinski definition) is 1. The Morgan fingerprint density at radius 3 is 2.48 bits per heavy atom. The van der Waals surface area contributed by atoms with Crippen LogP contribution in [0.25, 0.3) is 5.69 Å². The van der Waals surface area contributed by atoms with Crippen molar-refractivity contribution in [1.29, 1.82) is 0 Å². The molecule has 1 aromatic heterocycles. The first-order valence-corrected chi connectivity index (χ1v) is 10.1. The van der Waals surface area contributed by atoms with Gasteiger partial charge < -0.3 is 10.1 Å². The molecule has 0 fully saturated rings. The smallest absolute Gasteiger partial charge is 0.310 e. The lowest BCUT2D eigenvalue weighted by Crippen LogP contribution is -2.23. The second-order valence-electron chi connectivity index (χ2n) is 8.00. The third-order valence-electron chi connectivity index (χ3n) is 4.49. The van der Waals surface area contributed by atoms with E-state index in [2.05, 4.69) is 10.4 Å². The van der Waals surface area contributed by atoms with Crippen LogP contribution >= 0.6 is 11.6 Å². The normalized spacial score (nSPS) is 11.3. The Labute approximate surface area is 185 Å². The van der Waals surface area contributed by atoms with Gasteiger partial charge in [-0.05, 0) is 24.3 Å². The lowest BCUT2D eigenvalue weighted by Gasteiger charge is -2.14. The molecule has 2 aromatic carbocycles. The Bertz CT molecular complexity index is 1070. The zero-order valence-electron chi connectivity index (χ0n) is 17.5. The zero-order chi connectivity index (χ0) is 22.6. The molecule has 6 nitrogen and oxygen atoms in total. The average Bonchev–Trinajstić information content (AvgIpc) is 3.14. The maximum atomic E-state index is 13.8. The summed E-state index contributed by atoms with van der Waals surface area (Å²) >= 11 is 5.92. The van der Waals surface area contributed by atoms with Crippen molar-refractivity contribution in [2.45, 2.75) is 32.6 Å². The van der Waals surface area contributed by atoms with E-state index in [-0.39, 0.29) is 22.4 Å². The number of hydrogen-bond acceptors (Lipinski definition) is 4. The first kappa shape index (κ1) is 22.5.